The van der Waals surface area contributed by atoms with Crippen LogP contribution in [0.25, 0.3) is 0 Å². The van der Waals surface area contributed by atoms with E-state index in [1.54, 1.807) is 0 Å². The third-order valence-corrected chi connectivity index (χ3v) is 2.27. The molecule has 0 atom stereocenters. The summed E-state index contributed by atoms with van der Waals surface area (Å²) in [6.07, 6.45) is 1.09. The van der Waals surface area contributed by atoms with Gasteiger partial charge in [-0.15, -0.1) is 0 Å². The quantitative estimate of drug-likeness (QED) is 0.335. The first-order chi connectivity index (χ1) is 8.31. The minimum absolute atomic E-state index is 0.00940. The lowest BCUT2D eigenvalue weighted by Gasteiger charge is -2.04. The van der Waals surface area contributed by atoms with Gasteiger partial charge in [0.15, 0.2) is 0 Å². The van der Waals surface area contributed by atoms with Crippen LogP contribution >= 0.6 is 0 Å². The Bertz CT molecular complexity index is 361. The molecular weight excluding hydrogens is 268 g/mol. The highest BCUT2D eigenvalue weighted by atomic mass is 32.3. The van der Waals surface area contributed by atoms with Crippen LogP contribution < -0.4 is 0 Å². The first-order valence-electron chi connectivity index (χ1n) is 5.30. The topological polar surface area (TPSA) is 127 Å². The van der Waals surface area contributed by atoms with Gasteiger partial charge in [-0.05, 0) is 12.8 Å². The number of carboxylic acids is 1. The van der Waals surface area contributed by atoms with Crippen molar-refractivity contribution in [2.24, 2.45) is 0 Å². The van der Waals surface area contributed by atoms with E-state index < -0.39 is 22.3 Å². The van der Waals surface area contributed by atoms with E-state index in [0.29, 0.717) is 12.8 Å². The standard InChI is InChI=1S/C9H16O8S/c10-8(11)4-1-2-5-9(12)16-6-3-7-17-18(13,14)15/h1-7H2,(H,10,11)(H,13,14,15). The smallest absolute Gasteiger partial charge is 0.397 e. The summed E-state index contributed by atoms with van der Waals surface area (Å²) in [4.78, 5) is 21.2. The van der Waals surface area contributed by atoms with Crippen molar-refractivity contribution in [3.8, 4) is 0 Å². The fourth-order valence-corrected chi connectivity index (χ4v) is 1.36. The summed E-state index contributed by atoms with van der Waals surface area (Å²) >= 11 is 0. The van der Waals surface area contributed by atoms with Crippen LogP contribution in [0.4, 0.5) is 0 Å². The van der Waals surface area contributed by atoms with Crippen LogP contribution in [0.15, 0.2) is 0 Å². The number of carbonyl (C=O) groups is 2. The molecule has 0 saturated heterocycles. The van der Waals surface area contributed by atoms with Crippen molar-refractivity contribution in [1.82, 2.24) is 0 Å². The van der Waals surface area contributed by atoms with E-state index in [1.165, 1.54) is 0 Å². The number of rotatable bonds is 10. The van der Waals surface area contributed by atoms with Gasteiger partial charge in [0, 0.05) is 19.3 Å². The van der Waals surface area contributed by atoms with Crippen molar-refractivity contribution in [3.05, 3.63) is 0 Å². The molecule has 0 spiro atoms. The summed E-state index contributed by atoms with van der Waals surface area (Å²) in [6, 6.07) is 0. The van der Waals surface area contributed by atoms with Crippen LogP contribution in [0.1, 0.15) is 32.1 Å². The molecule has 0 rings (SSSR count). The molecule has 0 saturated carbocycles. The van der Waals surface area contributed by atoms with Gasteiger partial charge in [0.1, 0.15) is 0 Å². The zero-order valence-electron chi connectivity index (χ0n) is 9.70. The maximum Gasteiger partial charge on any atom is 0.397 e. The van der Waals surface area contributed by atoms with Crippen molar-refractivity contribution < 1.29 is 36.6 Å². The summed E-state index contributed by atoms with van der Waals surface area (Å²) < 4.78 is 37.2. The Balaban J connectivity index is 3.40. The number of ether oxygens (including phenoxy) is 1. The lowest BCUT2D eigenvalue weighted by Crippen LogP contribution is -2.10. The van der Waals surface area contributed by atoms with Crippen LogP contribution in [0.5, 0.6) is 0 Å². The second-order valence-electron chi connectivity index (χ2n) is 3.42. The van der Waals surface area contributed by atoms with Crippen LogP contribution in [0.3, 0.4) is 0 Å². The number of aliphatic carboxylic acids is 1. The molecule has 106 valence electrons. The monoisotopic (exact) mass is 284 g/mol. The Morgan fingerprint density at radius 3 is 2.17 bits per heavy atom. The molecule has 0 aromatic heterocycles. The first-order valence-corrected chi connectivity index (χ1v) is 6.67. The molecule has 0 aliphatic rings. The molecule has 2 N–H and O–H groups in total. The molecule has 0 aliphatic heterocycles. The molecule has 0 unspecified atom stereocenters. The molecule has 0 aromatic rings. The Morgan fingerprint density at radius 1 is 1.00 bits per heavy atom. The second kappa shape index (κ2) is 8.84. The fourth-order valence-electron chi connectivity index (χ4n) is 1.03. The van der Waals surface area contributed by atoms with Crippen molar-refractivity contribution in [2.45, 2.75) is 32.1 Å². The summed E-state index contributed by atoms with van der Waals surface area (Å²) in [5.74, 6) is -1.39. The largest absolute Gasteiger partial charge is 0.481 e. The minimum atomic E-state index is -4.45. The highest BCUT2D eigenvalue weighted by Gasteiger charge is 2.06. The number of hydrogen-bond donors (Lipinski definition) is 2. The zero-order valence-corrected chi connectivity index (χ0v) is 10.5. The molecule has 0 aromatic carbocycles. The fraction of sp³-hybridized carbons (Fsp3) is 0.778. The van der Waals surface area contributed by atoms with Gasteiger partial charge < -0.3 is 9.84 Å². The molecule has 0 radical (unpaired) electrons. The molecule has 8 nitrogen and oxygen atoms in total. The molecule has 0 amide bonds. The van der Waals surface area contributed by atoms with Crippen LogP contribution in [-0.2, 0) is 28.9 Å². The van der Waals surface area contributed by atoms with E-state index in [0.717, 1.165) is 0 Å². The van der Waals surface area contributed by atoms with E-state index in [4.69, 9.17) is 14.4 Å². The van der Waals surface area contributed by atoms with Gasteiger partial charge in [0.25, 0.3) is 0 Å². The van der Waals surface area contributed by atoms with E-state index in [-0.39, 0.29) is 32.5 Å². The predicted molar refractivity (Wildman–Crippen MR) is 59.2 cm³/mol. The first kappa shape index (κ1) is 16.8. The average Bonchev–Trinajstić information content (AvgIpc) is 2.22. The number of carbonyl (C=O) groups excluding carboxylic acids is 1. The number of hydrogen-bond acceptors (Lipinski definition) is 6. The third-order valence-electron chi connectivity index (χ3n) is 1.81. The van der Waals surface area contributed by atoms with Crippen LogP contribution in [0, 0.1) is 0 Å². The molecule has 0 heterocycles. The van der Waals surface area contributed by atoms with Gasteiger partial charge >= 0.3 is 22.3 Å². The van der Waals surface area contributed by atoms with Gasteiger partial charge in [-0.1, -0.05) is 0 Å². The summed E-state index contributed by atoms with van der Waals surface area (Å²) in [7, 11) is -4.45. The lowest BCUT2D eigenvalue weighted by atomic mass is 10.2. The minimum Gasteiger partial charge on any atom is -0.481 e. The summed E-state index contributed by atoms with van der Waals surface area (Å²) in [5, 5.41) is 8.35. The van der Waals surface area contributed by atoms with Gasteiger partial charge in [-0.2, -0.15) is 8.42 Å². The van der Waals surface area contributed by atoms with E-state index in [1.807, 2.05) is 0 Å². The predicted octanol–water partition coefficient (Wildman–Crippen LogP) is 0.384. The van der Waals surface area contributed by atoms with Gasteiger partial charge in [0.2, 0.25) is 0 Å². The summed E-state index contributed by atoms with van der Waals surface area (Å²) in [6.45, 7) is -0.293. The van der Waals surface area contributed by atoms with E-state index in [2.05, 4.69) is 4.18 Å². The van der Waals surface area contributed by atoms with Crippen LogP contribution in [0.2, 0.25) is 0 Å². The van der Waals surface area contributed by atoms with E-state index >= 15 is 0 Å². The van der Waals surface area contributed by atoms with Crippen molar-refractivity contribution in [1.29, 1.82) is 0 Å². The number of esters is 1. The highest BCUT2D eigenvalue weighted by molar-refractivity contribution is 7.80. The van der Waals surface area contributed by atoms with E-state index in [9.17, 15) is 18.0 Å². The van der Waals surface area contributed by atoms with Crippen molar-refractivity contribution in [3.63, 3.8) is 0 Å². The Hall–Kier alpha value is -1.19. The molecular formula is C9H16O8S. The van der Waals surface area contributed by atoms with Crippen LogP contribution in [-0.4, -0.2) is 43.2 Å². The lowest BCUT2D eigenvalue weighted by molar-refractivity contribution is -0.144. The summed E-state index contributed by atoms with van der Waals surface area (Å²) in [5.41, 5.74) is 0. The number of carboxylic acid groups (broad SMARTS) is 1. The number of unbranched alkanes of at least 4 members (excludes halogenated alkanes) is 1. The van der Waals surface area contributed by atoms with Gasteiger partial charge in [-0.25, -0.2) is 4.18 Å². The Morgan fingerprint density at radius 2 is 1.61 bits per heavy atom. The normalized spacial score (nSPS) is 11.2. The van der Waals surface area contributed by atoms with Crippen molar-refractivity contribution in [2.75, 3.05) is 13.2 Å². The maximum absolute atomic E-state index is 11.1. The molecule has 18 heavy (non-hydrogen) atoms. The second-order valence-corrected chi connectivity index (χ2v) is 4.52. The zero-order chi connectivity index (χ0) is 14.0. The highest BCUT2D eigenvalue weighted by Crippen LogP contribution is 2.02. The third kappa shape index (κ3) is 12.9. The van der Waals surface area contributed by atoms with Crippen molar-refractivity contribution >= 4 is 22.3 Å². The average molecular weight is 284 g/mol. The molecule has 0 bridgehead atoms. The van der Waals surface area contributed by atoms with Gasteiger partial charge in [0.05, 0.1) is 13.2 Å². The Labute approximate surface area is 105 Å². The SMILES string of the molecule is O=C(O)CCCCC(=O)OCCCOS(=O)(=O)O. The maximum atomic E-state index is 11.1. The molecule has 0 aliphatic carbocycles. The molecule has 0 fully saturated rings. The Kier molecular flexibility index (Phi) is 8.25. The van der Waals surface area contributed by atoms with Gasteiger partial charge in [-0.3, -0.25) is 14.1 Å². The molecule has 9 heteroatoms.